The fraction of sp³-hybridized carbons (Fsp3) is 0.682. The van der Waals surface area contributed by atoms with Crippen LogP contribution in [0.15, 0.2) is 23.2 Å². The molecule has 1 atom stereocenters. The summed E-state index contributed by atoms with van der Waals surface area (Å²) in [5.74, 6) is 1.04. The fourth-order valence-electron chi connectivity index (χ4n) is 4.20. The maximum absolute atomic E-state index is 4.56. The average molecular weight is 515 g/mol. The third kappa shape index (κ3) is 6.21. The van der Waals surface area contributed by atoms with Gasteiger partial charge in [0.15, 0.2) is 5.96 Å². The molecule has 0 amide bonds. The first-order chi connectivity index (χ1) is 13.5. The van der Waals surface area contributed by atoms with Crippen LogP contribution in [0.2, 0.25) is 0 Å². The standard InChI is InChI=1S/C22H38N6.HI/c1-18-7-6-8-21(20(18)3)27-13-15-28(16-14-27)22(23-4)24-17-19(2)26-11-9-25(5)10-12-26;/h6-8,19H,9-17H2,1-5H3,(H,23,24);1H. The molecule has 1 unspecified atom stereocenters. The van der Waals surface area contributed by atoms with Gasteiger partial charge in [-0.15, -0.1) is 24.0 Å². The minimum atomic E-state index is 0. The molecule has 2 heterocycles. The number of nitrogens with one attached hydrogen (secondary N) is 1. The van der Waals surface area contributed by atoms with Crippen molar-refractivity contribution in [3.05, 3.63) is 29.3 Å². The van der Waals surface area contributed by atoms with Gasteiger partial charge in [-0.1, -0.05) is 12.1 Å². The van der Waals surface area contributed by atoms with Crippen LogP contribution in [0.1, 0.15) is 18.1 Å². The number of hydrogen-bond acceptors (Lipinski definition) is 4. The first-order valence-electron chi connectivity index (χ1n) is 10.7. The van der Waals surface area contributed by atoms with E-state index in [0.29, 0.717) is 6.04 Å². The summed E-state index contributed by atoms with van der Waals surface area (Å²) in [5.41, 5.74) is 4.15. The largest absolute Gasteiger partial charge is 0.368 e. The Hall–Kier alpha value is -1.06. The molecule has 2 aliphatic rings. The summed E-state index contributed by atoms with van der Waals surface area (Å²) in [7, 11) is 4.11. The number of piperazine rings is 2. The van der Waals surface area contributed by atoms with Gasteiger partial charge in [0, 0.05) is 77.7 Å². The van der Waals surface area contributed by atoms with E-state index in [1.807, 2.05) is 7.05 Å². The van der Waals surface area contributed by atoms with E-state index in [4.69, 9.17) is 0 Å². The Labute approximate surface area is 194 Å². The summed E-state index contributed by atoms with van der Waals surface area (Å²) >= 11 is 0. The molecule has 1 aromatic carbocycles. The van der Waals surface area contributed by atoms with Crippen LogP contribution in [-0.2, 0) is 0 Å². The Morgan fingerprint density at radius 2 is 1.69 bits per heavy atom. The quantitative estimate of drug-likeness (QED) is 0.379. The van der Waals surface area contributed by atoms with E-state index in [0.717, 1.165) is 51.8 Å². The summed E-state index contributed by atoms with van der Waals surface area (Å²) in [5, 5.41) is 3.62. The number of halogens is 1. The van der Waals surface area contributed by atoms with Crippen molar-refractivity contribution in [1.82, 2.24) is 20.0 Å². The fourth-order valence-corrected chi connectivity index (χ4v) is 4.20. The van der Waals surface area contributed by atoms with Gasteiger partial charge >= 0.3 is 0 Å². The molecule has 2 aliphatic heterocycles. The first kappa shape index (κ1) is 24.2. The topological polar surface area (TPSA) is 37.4 Å². The van der Waals surface area contributed by atoms with Gasteiger partial charge in [-0.2, -0.15) is 0 Å². The molecule has 6 nitrogen and oxygen atoms in total. The van der Waals surface area contributed by atoms with Gasteiger partial charge in [-0.3, -0.25) is 9.89 Å². The highest BCUT2D eigenvalue weighted by molar-refractivity contribution is 14.0. The zero-order valence-electron chi connectivity index (χ0n) is 18.8. The number of aryl methyl sites for hydroxylation is 1. The minimum Gasteiger partial charge on any atom is -0.368 e. The lowest BCUT2D eigenvalue weighted by atomic mass is 10.1. The number of guanidine groups is 1. The second kappa shape index (κ2) is 11.4. The second-order valence-electron chi connectivity index (χ2n) is 8.31. The number of anilines is 1. The van der Waals surface area contributed by atoms with Crippen molar-refractivity contribution in [2.45, 2.75) is 26.8 Å². The number of hydrogen-bond donors (Lipinski definition) is 1. The van der Waals surface area contributed by atoms with E-state index < -0.39 is 0 Å². The molecule has 0 saturated carbocycles. The number of rotatable bonds is 4. The van der Waals surface area contributed by atoms with Crippen molar-refractivity contribution in [2.24, 2.45) is 4.99 Å². The number of nitrogens with zero attached hydrogens (tertiary/aromatic N) is 5. The molecule has 0 aliphatic carbocycles. The molecule has 0 radical (unpaired) electrons. The number of aliphatic imine (C=N–C) groups is 1. The zero-order valence-corrected chi connectivity index (χ0v) is 21.1. The summed E-state index contributed by atoms with van der Waals surface area (Å²) in [6.07, 6.45) is 0. The number of benzene rings is 1. The minimum absolute atomic E-state index is 0. The van der Waals surface area contributed by atoms with Crippen LogP contribution in [0.25, 0.3) is 0 Å². The predicted molar refractivity (Wildman–Crippen MR) is 135 cm³/mol. The Bertz CT molecular complexity index is 663. The van der Waals surface area contributed by atoms with Gasteiger partial charge in [-0.05, 0) is 45.0 Å². The van der Waals surface area contributed by atoms with E-state index in [-0.39, 0.29) is 24.0 Å². The highest BCUT2D eigenvalue weighted by Crippen LogP contribution is 2.23. The molecule has 3 rings (SSSR count). The highest BCUT2D eigenvalue weighted by Gasteiger charge is 2.23. The van der Waals surface area contributed by atoms with Gasteiger partial charge in [-0.25, -0.2) is 0 Å². The molecule has 0 bridgehead atoms. The Morgan fingerprint density at radius 1 is 1.03 bits per heavy atom. The van der Waals surface area contributed by atoms with Crippen LogP contribution >= 0.6 is 24.0 Å². The summed E-state index contributed by atoms with van der Waals surface area (Å²) in [4.78, 5) is 14.5. The third-order valence-electron chi connectivity index (χ3n) is 6.42. The van der Waals surface area contributed by atoms with Crippen molar-refractivity contribution in [1.29, 1.82) is 0 Å². The van der Waals surface area contributed by atoms with Crippen LogP contribution in [0.5, 0.6) is 0 Å². The van der Waals surface area contributed by atoms with Gasteiger partial charge in [0.25, 0.3) is 0 Å². The molecule has 0 spiro atoms. The normalized spacial score (nSPS) is 20.4. The molecule has 29 heavy (non-hydrogen) atoms. The van der Waals surface area contributed by atoms with Gasteiger partial charge in [0.1, 0.15) is 0 Å². The van der Waals surface area contributed by atoms with Crippen molar-refractivity contribution in [2.75, 3.05) is 77.9 Å². The molecule has 7 heteroatoms. The van der Waals surface area contributed by atoms with E-state index in [9.17, 15) is 0 Å². The monoisotopic (exact) mass is 514 g/mol. The van der Waals surface area contributed by atoms with Crippen molar-refractivity contribution >= 4 is 35.6 Å². The molecular formula is C22H39IN6. The lowest BCUT2D eigenvalue weighted by molar-refractivity contribution is 0.119. The summed E-state index contributed by atoms with van der Waals surface area (Å²) in [6, 6.07) is 7.15. The van der Waals surface area contributed by atoms with E-state index >= 15 is 0 Å². The predicted octanol–water partition coefficient (Wildman–Crippen LogP) is 2.25. The lowest BCUT2D eigenvalue weighted by Crippen LogP contribution is -2.55. The second-order valence-corrected chi connectivity index (χ2v) is 8.31. The average Bonchev–Trinajstić information content (AvgIpc) is 2.71. The van der Waals surface area contributed by atoms with E-state index in [1.54, 1.807) is 0 Å². The van der Waals surface area contributed by atoms with Gasteiger partial charge < -0.3 is 20.0 Å². The molecule has 164 valence electrons. The molecular weight excluding hydrogens is 475 g/mol. The Morgan fingerprint density at radius 3 is 2.31 bits per heavy atom. The molecule has 2 saturated heterocycles. The van der Waals surface area contributed by atoms with Gasteiger partial charge in [0.2, 0.25) is 0 Å². The third-order valence-corrected chi connectivity index (χ3v) is 6.42. The number of likely N-dealkylation sites (N-methyl/N-ethyl adjacent to an activating group) is 1. The van der Waals surface area contributed by atoms with Crippen molar-refractivity contribution in [3.8, 4) is 0 Å². The van der Waals surface area contributed by atoms with Crippen LogP contribution in [-0.4, -0.2) is 99.7 Å². The maximum Gasteiger partial charge on any atom is 0.193 e. The van der Waals surface area contributed by atoms with Crippen LogP contribution in [0.4, 0.5) is 5.69 Å². The highest BCUT2D eigenvalue weighted by atomic mass is 127. The molecule has 1 N–H and O–H groups in total. The Balaban J connectivity index is 0.00000300. The van der Waals surface area contributed by atoms with E-state index in [2.05, 4.69) is 75.9 Å². The van der Waals surface area contributed by atoms with Gasteiger partial charge in [0.05, 0.1) is 0 Å². The molecule has 0 aromatic heterocycles. The Kier molecular flexibility index (Phi) is 9.49. The van der Waals surface area contributed by atoms with E-state index in [1.165, 1.54) is 29.9 Å². The van der Waals surface area contributed by atoms with Crippen LogP contribution < -0.4 is 10.2 Å². The summed E-state index contributed by atoms with van der Waals surface area (Å²) in [6.45, 7) is 16.5. The maximum atomic E-state index is 4.56. The van der Waals surface area contributed by atoms with Crippen molar-refractivity contribution < 1.29 is 0 Å². The lowest BCUT2D eigenvalue weighted by Gasteiger charge is -2.39. The first-order valence-corrected chi connectivity index (χ1v) is 10.7. The smallest absolute Gasteiger partial charge is 0.193 e. The van der Waals surface area contributed by atoms with Crippen molar-refractivity contribution in [3.63, 3.8) is 0 Å². The molecule has 2 fully saturated rings. The summed E-state index contributed by atoms with van der Waals surface area (Å²) < 4.78 is 0. The SMILES string of the molecule is CN=C(NCC(C)N1CCN(C)CC1)N1CCN(c2cccc(C)c2C)CC1.I. The molecule has 1 aromatic rings. The van der Waals surface area contributed by atoms with Crippen LogP contribution in [0.3, 0.4) is 0 Å². The van der Waals surface area contributed by atoms with Crippen LogP contribution in [0, 0.1) is 13.8 Å². The zero-order chi connectivity index (χ0) is 20.1.